The Morgan fingerprint density at radius 3 is 3.15 bits per heavy atom. The highest BCUT2D eigenvalue weighted by molar-refractivity contribution is 7.97. The van der Waals surface area contributed by atoms with E-state index < -0.39 is 0 Å². The normalized spacial score (nSPS) is 17.2. The summed E-state index contributed by atoms with van der Waals surface area (Å²) in [5, 5.41) is 2.70. The molecule has 0 atom stereocenters. The summed E-state index contributed by atoms with van der Waals surface area (Å²) in [6.07, 6.45) is 8.69. The first kappa shape index (κ1) is 7.42. The minimum absolute atomic E-state index is 0.962. The van der Waals surface area contributed by atoms with E-state index in [1.54, 1.807) is 11.9 Å². The zero-order valence-electron chi connectivity index (χ0n) is 7.08. The minimum Gasteiger partial charge on any atom is -0.256 e. The van der Waals surface area contributed by atoms with Crippen molar-refractivity contribution in [3.05, 3.63) is 34.2 Å². The van der Waals surface area contributed by atoms with Crippen LogP contribution in [0.3, 0.4) is 0 Å². The quantitative estimate of drug-likeness (QED) is 0.605. The lowest BCUT2D eigenvalue weighted by molar-refractivity contribution is 1.12. The number of rotatable bonds is 0. The molecular weight excluding hydrogens is 178 g/mol. The van der Waals surface area contributed by atoms with Gasteiger partial charge in [0.15, 0.2) is 0 Å². The molecule has 2 aliphatic rings. The van der Waals surface area contributed by atoms with Gasteiger partial charge in [-0.05, 0) is 27.9 Å². The van der Waals surface area contributed by atoms with Gasteiger partial charge in [0.1, 0.15) is 0 Å². The van der Waals surface area contributed by atoms with Crippen LogP contribution in [0.2, 0.25) is 0 Å². The largest absolute Gasteiger partial charge is 0.256 e. The summed E-state index contributed by atoms with van der Waals surface area (Å²) in [6.45, 7) is 0.962. The van der Waals surface area contributed by atoms with Gasteiger partial charge < -0.3 is 0 Å². The van der Waals surface area contributed by atoms with Crippen molar-refractivity contribution in [2.24, 2.45) is 0 Å². The van der Waals surface area contributed by atoms with Crippen LogP contribution in [0.25, 0.3) is 18.2 Å². The van der Waals surface area contributed by atoms with Crippen molar-refractivity contribution in [2.75, 3.05) is 6.54 Å². The Kier molecular flexibility index (Phi) is 1.57. The van der Waals surface area contributed by atoms with Gasteiger partial charge in [-0.25, -0.2) is 0 Å². The molecule has 0 unspecified atom stereocenters. The molecule has 1 aromatic carbocycles. The van der Waals surface area contributed by atoms with Gasteiger partial charge in [0.2, 0.25) is 0 Å². The average Bonchev–Trinajstić information content (AvgIpc) is 2.65. The van der Waals surface area contributed by atoms with Gasteiger partial charge in [0, 0.05) is 11.4 Å². The Morgan fingerprint density at radius 1 is 1.23 bits per heavy atom. The Balaban J connectivity index is 2.43. The van der Waals surface area contributed by atoms with Crippen molar-refractivity contribution in [3.8, 4) is 0 Å². The Hall–Kier alpha value is -0.990. The van der Waals surface area contributed by atoms with E-state index in [1.807, 2.05) is 0 Å². The van der Waals surface area contributed by atoms with Crippen LogP contribution in [0.15, 0.2) is 23.1 Å². The summed E-state index contributed by atoms with van der Waals surface area (Å²) in [6, 6.07) is 4.39. The first-order chi connectivity index (χ1) is 6.45. The Morgan fingerprint density at radius 2 is 2.15 bits per heavy atom. The number of fused-ring (bicyclic) bond motifs is 3. The molecule has 0 saturated carbocycles. The second-order valence-electron chi connectivity index (χ2n) is 3.17. The van der Waals surface area contributed by atoms with Gasteiger partial charge in [-0.15, -0.1) is 0 Å². The smallest absolute Gasteiger partial charge is 0.0376 e. The number of benzene rings is 1. The van der Waals surface area contributed by atoms with Crippen LogP contribution in [0.5, 0.6) is 0 Å². The molecule has 0 amide bonds. The molecule has 2 heteroatoms. The molecule has 0 bridgehead atoms. The predicted molar refractivity (Wildman–Crippen MR) is 57.5 cm³/mol. The average molecular weight is 187 g/mol. The van der Waals surface area contributed by atoms with E-state index in [0.717, 1.165) is 6.54 Å². The molecule has 13 heavy (non-hydrogen) atoms. The summed E-state index contributed by atoms with van der Waals surface area (Å²) in [5.41, 5.74) is 1.37. The standard InChI is InChI=1S/C11H9NS/c1-2-8-4-5-9-6-7-12-13-11(9)10(8)3-1/h1-6,12H,7H2. The van der Waals surface area contributed by atoms with Crippen molar-refractivity contribution in [2.45, 2.75) is 4.90 Å². The third-order valence-electron chi connectivity index (χ3n) is 2.38. The van der Waals surface area contributed by atoms with Gasteiger partial charge in [-0.2, -0.15) is 0 Å². The minimum atomic E-state index is 0.962. The molecular formula is C11H9NS. The summed E-state index contributed by atoms with van der Waals surface area (Å²) < 4.78 is 3.28. The molecule has 0 radical (unpaired) electrons. The fraction of sp³-hybridized carbons (Fsp3) is 0.0909. The zero-order chi connectivity index (χ0) is 8.67. The second kappa shape index (κ2) is 2.76. The highest BCUT2D eigenvalue weighted by Gasteiger charge is 2.08. The topological polar surface area (TPSA) is 12.0 Å². The molecule has 1 aliphatic carbocycles. The van der Waals surface area contributed by atoms with Crippen molar-refractivity contribution in [3.63, 3.8) is 0 Å². The lowest BCUT2D eigenvalue weighted by Gasteiger charge is -2.11. The van der Waals surface area contributed by atoms with E-state index in [1.165, 1.54) is 20.9 Å². The molecule has 1 nitrogen and oxygen atoms in total. The third kappa shape index (κ3) is 1.06. The van der Waals surface area contributed by atoms with Crippen molar-refractivity contribution in [1.82, 2.24) is 4.72 Å². The lowest BCUT2D eigenvalue weighted by atomic mass is 10.1. The fourth-order valence-corrected chi connectivity index (χ4v) is 2.61. The van der Waals surface area contributed by atoms with Gasteiger partial charge in [-0.1, -0.05) is 36.4 Å². The summed E-state index contributed by atoms with van der Waals surface area (Å²) in [5.74, 6) is 0. The Labute approximate surface area is 81.0 Å². The van der Waals surface area contributed by atoms with Crippen LogP contribution in [-0.2, 0) is 0 Å². The maximum Gasteiger partial charge on any atom is 0.0376 e. The van der Waals surface area contributed by atoms with Crippen LogP contribution >= 0.6 is 11.9 Å². The summed E-state index contributed by atoms with van der Waals surface area (Å²) in [4.78, 5) is 1.37. The number of allylic oxidation sites excluding steroid dienone is 1. The monoisotopic (exact) mass is 187 g/mol. The van der Waals surface area contributed by atoms with E-state index in [-0.39, 0.29) is 0 Å². The van der Waals surface area contributed by atoms with Crippen molar-refractivity contribution >= 4 is 30.2 Å². The van der Waals surface area contributed by atoms with E-state index in [4.69, 9.17) is 0 Å². The molecule has 0 spiro atoms. The van der Waals surface area contributed by atoms with E-state index in [0.29, 0.717) is 0 Å². The van der Waals surface area contributed by atoms with Crippen LogP contribution < -0.4 is 15.2 Å². The van der Waals surface area contributed by atoms with E-state index in [9.17, 15) is 0 Å². The maximum atomic E-state index is 3.28. The Bertz CT molecular complexity index is 500. The van der Waals surface area contributed by atoms with Crippen molar-refractivity contribution in [1.29, 1.82) is 0 Å². The molecule has 3 rings (SSSR count). The lowest BCUT2D eigenvalue weighted by Crippen LogP contribution is -2.22. The van der Waals surface area contributed by atoms with E-state index >= 15 is 0 Å². The highest BCUT2D eigenvalue weighted by atomic mass is 32.2. The molecule has 1 aliphatic heterocycles. The number of hydrogen-bond acceptors (Lipinski definition) is 2. The third-order valence-corrected chi connectivity index (χ3v) is 3.35. The second-order valence-corrected chi connectivity index (χ2v) is 4.07. The van der Waals surface area contributed by atoms with Gasteiger partial charge >= 0.3 is 0 Å². The van der Waals surface area contributed by atoms with Crippen LogP contribution in [0.4, 0.5) is 0 Å². The number of nitrogens with one attached hydrogen (secondary N) is 1. The summed E-state index contributed by atoms with van der Waals surface area (Å²) >= 11 is 1.74. The number of hydrogen-bond donors (Lipinski definition) is 1. The van der Waals surface area contributed by atoms with Crippen LogP contribution in [0.1, 0.15) is 5.56 Å². The molecule has 1 N–H and O–H groups in total. The molecule has 0 saturated heterocycles. The SMILES string of the molecule is C1=Cc2c3c(ccc2=C1)=CCNS3. The van der Waals surface area contributed by atoms with Gasteiger partial charge in [0.05, 0.1) is 0 Å². The first-order valence-electron chi connectivity index (χ1n) is 4.36. The molecule has 1 heterocycles. The van der Waals surface area contributed by atoms with Crippen molar-refractivity contribution < 1.29 is 0 Å². The van der Waals surface area contributed by atoms with Gasteiger partial charge in [0.25, 0.3) is 0 Å². The molecule has 64 valence electrons. The maximum absolute atomic E-state index is 3.28. The van der Waals surface area contributed by atoms with E-state index in [2.05, 4.69) is 41.2 Å². The zero-order valence-corrected chi connectivity index (χ0v) is 7.90. The molecule has 0 aromatic heterocycles. The fourth-order valence-electron chi connectivity index (χ4n) is 1.74. The van der Waals surface area contributed by atoms with Crippen LogP contribution in [-0.4, -0.2) is 6.54 Å². The predicted octanol–water partition coefficient (Wildman–Crippen LogP) is 0.885. The summed E-state index contributed by atoms with van der Waals surface area (Å²) in [7, 11) is 0. The van der Waals surface area contributed by atoms with Gasteiger partial charge in [-0.3, -0.25) is 4.72 Å². The molecule has 1 aromatic rings. The van der Waals surface area contributed by atoms with Crippen LogP contribution in [0, 0.1) is 0 Å². The molecule has 0 fully saturated rings. The first-order valence-corrected chi connectivity index (χ1v) is 5.18. The highest BCUT2D eigenvalue weighted by Crippen LogP contribution is 2.18.